The molecule has 0 aliphatic carbocycles. The van der Waals surface area contributed by atoms with Crippen LogP contribution in [0.2, 0.25) is 0 Å². The molecule has 0 spiro atoms. The molecule has 1 aliphatic rings. The quantitative estimate of drug-likeness (QED) is 0.184. The molecular weight excluding hydrogens is 488 g/mol. The van der Waals surface area contributed by atoms with Gasteiger partial charge in [-0.2, -0.15) is 0 Å². The van der Waals surface area contributed by atoms with Crippen LogP contribution in [-0.4, -0.2) is 28.4 Å². The van der Waals surface area contributed by atoms with Crippen LogP contribution in [0.4, 0.5) is 5.13 Å². The second-order valence-electron chi connectivity index (χ2n) is 8.26. The van der Waals surface area contributed by atoms with Crippen molar-refractivity contribution in [1.29, 1.82) is 0 Å². The van der Waals surface area contributed by atoms with Crippen molar-refractivity contribution < 1.29 is 24.2 Å². The first-order valence-electron chi connectivity index (χ1n) is 11.8. The van der Waals surface area contributed by atoms with Crippen LogP contribution in [0.3, 0.4) is 0 Å². The predicted octanol–water partition coefficient (Wildman–Crippen LogP) is 5.75. The maximum atomic E-state index is 13.3. The van der Waals surface area contributed by atoms with Gasteiger partial charge in [-0.25, -0.2) is 4.98 Å². The molecule has 37 heavy (non-hydrogen) atoms. The number of aliphatic hydroxyl groups is 1. The van der Waals surface area contributed by atoms with E-state index in [2.05, 4.69) is 4.98 Å². The minimum absolute atomic E-state index is 0.00759. The summed E-state index contributed by atoms with van der Waals surface area (Å²) < 4.78 is 11.9. The Bertz CT molecular complexity index is 1440. The van der Waals surface area contributed by atoms with Crippen molar-refractivity contribution in [1.82, 2.24) is 4.98 Å². The second-order valence-corrected chi connectivity index (χ2v) is 9.14. The summed E-state index contributed by atoms with van der Waals surface area (Å²) in [6.07, 6.45) is 1.57. The lowest BCUT2D eigenvalue weighted by Gasteiger charge is -2.24. The number of nitrogens with zero attached hydrogens (tertiary/aromatic N) is 2. The highest BCUT2D eigenvalue weighted by Crippen LogP contribution is 2.44. The highest BCUT2D eigenvalue weighted by atomic mass is 32.1. The van der Waals surface area contributed by atoms with Crippen LogP contribution in [0.1, 0.15) is 29.7 Å². The fourth-order valence-corrected chi connectivity index (χ4v) is 4.92. The van der Waals surface area contributed by atoms with E-state index in [9.17, 15) is 14.7 Å². The molecule has 1 aliphatic heterocycles. The number of hydrogen-bond donors (Lipinski definition) is 1. The fourth-order valence-electron chi connectivity index (χ4n) is 4.25. The van der Waals surface area contributed by atoms with Gasteiger partial charge in [0.15, 0.2) is 16.6 Å². The topological polar surface area (TPSA) is 89.0 Å². The number of ketones is 1. The summed E-state index contributed by atoms with van der Waals surface area (Å²) in [4.78, 5) is 32.1. The first-order valence-corrected chi connectivity index (χ1v) is 12.7. The van der Waals surface area contributed by atoms with E-state index in [-0.39, 0.29) is 11.3 Å². The molecule has 186 valence electrons. The second kappa shape index (κ2) is 10.7. The lowest BCUT2D eigenvalue weighted by molar-refractivity contribution is -0.132. The summed E-state index contributed by atoms with van der Waals surface area (Å²) in [5.74, 6) is -0.766. The van der Waals surface area contributed by atoms with Gasteiger partial charge >= 0.3 is 5.91 Å². The van der Waals surface area contributed by atoms with Gasteiger partial charge in [0.05, 0.1) is 18.2 Å². The number of Topliss-reactive ketones (excluding diaryl/α,β-unsaturated/α-hetero) is 1. The van der Waals surface area contributed by atoms with Crippen LogP contribution in [0.15, 0.2) is 96.0 Å². The predicted molar refractivity (Wildman–Crippen MR) is 142 cm³/mol. The number of aromatic nitrogens is 1. The minimum Gasteiger partial charge on any atom is -0.507 e. The first kappa shape index (κ1) is 24.3. The largest absolute Gasteiger partial charge is 0.507 e. The molecule has 0 radical (unpaired) electrons. The van der Waals surface area contributed by atoms with Gasteiger partial charge in [-0.15, -0.1) is 11.3 Å². The normalized spacial score (nSPS) is 16.7. The molecular formula is C29H24N2O5S. The smallest absolute Gasteiger partial charge is 0.301 e. The Morgan fingerprint density at radius 1 is 0.973 bits per heavy atom. The van der Waals surface area contributed by atoms with Gasteiger partial charge in [-0.05, 0) is 30.2 Å². The van der Waals surface area contributed by atoms with E-state index in [1.165, 1.54) is 16.2 Å². The maximum Gasteiger partial charge on any atom is 0.301 e. The van der Waals surface area contributed by atoms with Crippen molar-refractivity contribution in [2.75, 3.05) is 11.5 Å². The van der Waals surface area contributed by atoms with Gasteiger partial charge in [-0.1, -0.05) is 66.7 Å². The zero-order valence-electron chi connectivity index (χ0n) is 20.0. The van der Waals surface area contributed by atoms with E-state index in [0.29, 0.717) is 41.0 Å². The number of ether oxygens (including phenoxy) is 2. The summed E-state index contributed by atoms with van der Waals surface area (Å²) in [7, 11) is 0. The highest BCUT2D eigenvalue weighted by molar-refractivity contribution is 7.14. The van der Waals surface area contributed by atoms with Gasteiger partial charge in [-0.3, -0.25) is 14.5 Å². The van der Waals surface area contributed by atoms with Crippen LogP contribution in [0.5, 0.6) is 11.5 Å². The van der Waals surface area contributed by atoms with Crippen LogP contribution in [-0.2, 0) is 16.2 Å². The fraction of sp³-hybridized carbons (Fsp3) is 0.138. The van der Waals surface area contributed by atoms with E-state index in [1.807, 2.05) is 43.3 Å². The summed E-state index contributed by atoms with van der Waals surface area (Å²) >= 11 is 1.24. The zero-order valence-corrected chi connectivity index (χ0v) is 20.9. The number of aliphatic hydroxyl groups excluding tert-OH is 1. The Kier molecular flexibility index (Phi) is 7.00. The van der Waals surface area contributed by atoms with Crippen molar-refractivity contribution >= 4 is 33.9 Å². The number of hydrogen-bond acceptors (Lipinski definition) is 7. The van der Waals surface area contributed by atoms with Crippen LogP contribution in [0, 0.1) is 0 Å². The summed E-state index contributed by atoms with van der Waals surface area (Å²) in [6, 6.07) is 22.9. The molecule has 1 unspecified atom stereocenters. The molecule has 5 rings (SSSR count). The Hall–Kier alpha value is -4.43. The van der Waals surface area contributed by atoms with Gasteiger partial charge in [0, 0.05) is 17.1 Å². The molecule has 1 aromatic heterocycles. The monoisotopic (exact) mass is 512 g/mol. The van der Waals surface area contributed by atoms with Gasteiger partial charge in [0.25, 0.3) is 5.78 Å². The molecule has 7 nitrogen and oxygen atoms in total. The number of amides is 1. The lowest BCUT2D eigenvalue weighted by atomic mass is 9.95. The third-order valence-corrected chi connectivity index (χ3v) is 6.71. The molecule has 1 fully saturated rings. The molecule has 1 N–H and O–H groups in total. The average molecular weight is 513 g/mol. The van der Waals surface area contributed by atoms with Crippen molar-refractivity contribution in [3.63, 3.8) is 0 Å². The van der Waals surface area contributed by atoms with Crippen LogP contribution in [0.25, 0.3) is 5.76 Å². The number of thiazole rings is 1. The van der Waals surface area contributed by atoms with E-state index >= 15 is 0 Å². The van der Waals surface area contributed by atoms with Crippen molar-refractivity contribution in [3.05, 3.63) is 113 Å². The van der Waals surface area contributed by atoms with Gasteiger partial charge < -0.3 is 14.6 Å². The molecule has 2 heterocycles. The van der Waals surface area contributed by atoms with Crippen LogP contribution < -0.4 is 14.4 Å². The molecule has 1 amide bonds. The standard InChI is InChI=1S/C29H24N2O5S/c1-2-35-23-17-21(13-14-22(23)36-18-19-9-5-3-6-10-19)25-24(26(32)20-11-7-4-8-12-20)27(33)28(34)31(25)29-30-15-16-37-29/h3-17,25,32H,2,18H2,1H3. The summed E-state index contributed by atoms with van der Waals surface area (Å²) in [6.45, 7) is 2.61. The Labute approximate surface area is 218 Å². The van der Waals surface area contributed by atoms with Gasteiger partial charge in [0.1, 0.15) is 12.4 Å². The van der Waals surface area contributed by atoms with Crippen LogP contribution >= 0.6 is 11.3 Å². The van der Waals surface area contributed by atoms with E-state index < -0.39 is 17.7 Å². The lowest BCUT2D eigenvalue weighted by Crippen LogP contribution is -2.29. The summed E-state index contributed by atoms with van der Waals surface area (Å²) in [5.41, 5.74) is 2.03. The SMILES string of the molecule is CCOc1cc(C2C(=C(O)c3ccccc3)C(=O)C(=O)N2c2nccs2)ccc1OCc1ccccc1. The van der Waals surface area contributed by atoms with E-state index in [1.54, 1.807) is 54.0 Å². The van der Waals surface area contributed by atoms with Crippen molar-refractivity contribution in [2.45, 2.75) is 19.6 Å². The zero-order chi connectivity index (χ0) is 25.8. The summed E-state index contributed by atoms with van der Waals surface area (Å²) in [5, 5.41) is 13.3. The van der Waals surface area contributed by atoms with E-state index in [4.69, 9.17) is 9.47 Å². The number of benzene rings is 3. The van der Waals surface area contributed by atoms with Crippen molar-refractivity contribution in [3.8, 4) is 11.5 Å². The Morgan fingerprint density at radius 3 is 2.38 bits per heavy atom. The molecule has 4 aromatic rings. The third-order valence-electron chi connectivity index (χ3n) is 5.94. The Morgan fingerprint density at radius 2 is 1.70 bits per heavy atom. The van der Waals surface area contributed by atoms with E-state index in [0.717, 1.165) is 5.56 Å². The molecule has 0 bridgehead atoms. The van der Waals surface area contributed by atoms with Crippen molar-refractivity contribution in [2.24, 2.45) is 0 Å². The Balaban J connectivity index is 1.60. The molecule has 3 aromatic carbocycles. The molecule has 8 heteroatoms. The minimum atomic E-state index is -0.895. The number of rotatable bonds is 8. The number of carbonyl (C=O) groups is 2. The number of anilines is 1. The number of carbonyl (C=O) groups excluding carboxylic acids is 2. The third kappa shape index (κ3) is 4.83. The molecule has 1 saturated heterocycles. The highest BCUT2D eigenvalue weighted by Gasteiger charge is 2.48. The maximum absolute atomic E-state index is 13.3. The van der Waals surface area contributed by atoms with Gasteiger partial charge in [0.2, 0.25) is 0 Å². The molecule has 0 saturated carbocycles. The average Bonchev–Trinajstić information content (AvgIpc) is 3.55. The first-order chi connectivity index (χ1) is 18.1. The molecule has 1 atom stereocenters.